The zero-order valence-corrected chi connectivity index (χ0v) is 12.3. The van der Waals surface area contributed by atoms with E-state index in [0.29, 0.717) is 22.5 Å². The van der Waals surface area contributed by atoms with Gasteiger partial charge in [0, 0.05) is 17.0 Å². The normalized spacial score (nSPS) is 10.7. The molecule has 0 spiro atoms. The van der Waals surface area contributed by atoms with Crippen LogP contribution in [-0.2, 0) is 5.88 Å². The maximum absolute atomic E-state index is 14.0. The summed E-state index contributed by atoms with van der Waals surface area (Å²) >= 11 is 5.91. The van der Waals surface area contributed by atoms with Crippen molar-refractivity contribution in [3.05, 3.63) is 77.9 Å². The first-order chi connectivity index (χ1) is 10.7. The highest BCUT2D eigenvalue weighted by Gasteiger charge is 2.12. The monoisotopic (exact) mass is 315 g/mol. The molecule has 0 fully saturated rings. The van der Waals surface area contributed by atoms with E-state index in [4.69, 9.17) is 11.6 Å². The van der Waals surface area contributed by atoms with E-state index in [2.05, 4.69) is 4.98 Å². The molecule has 0 aliphatic carbocycles. The quantitative estimate of drug-likeness (QED) is 0.587. The first-order valence-electron chi connectivity index (χ1n) is 6.76. The van der Waals surface area contributed by atoms with Crippen molar-refractivity contribution in [1.29, 1.82) is 0 Å². The number of pyridine rings is 1. The van der Waals surface area contributed by atoms with Gasteiger partial charge in [-0.1, -0.05) is 24.3 Å². The molecular weight excluding hydrogens is 304 g/mol. The highest BCUT2D eigenvalue weighted by molar-refractivity contribution is 6.17. The molecule has 110 valence electrons. The van der Waals surface area contributed by atoms with Gasteiger partial charge in [0.2, 0.25) is 0 Å². The predicted molar refractivity (Wildman–Crippen MR) is 84.6 cm³/mol. The van der Waals surface area contributed by atoms with E-state index >= 15 is 0 Å². The highest BCUT2D eigenvalue weighted by Crippen LogP contribution is 2.28. The smallest absolute Gasteiger partial charge is 0.132 e. The summed E-state index contributed by atoms with van der Waals surface area (Å²) in [5.74, 6) is -0.506. The number of nitrogens with zero attached hydrogens (tertiary/aromatic N) is 1. The lowest BCUT2D eigenvalue weighted by Gasteiger charge is -2.09. The molecule has 3 rings (SSSR count). The molecule has 1 aromatic heterocycles. The average Bonchev–Trinajstić information content (AvgIpc) is 2.55. The lowest BCUT2D eigenvalue weighted by Crippen LogP contribution is -1.95. The molecule has 0 bridgehead atoms. The van der Waals surface area contributed by atoms with Gasteiger partial charge in [-0.15, -0.1) is 11.6 Å². The number of hydrogen-bond donors (Lipinski definition) is 0. The van der Waals surface area contributed by atoms with Crippen LogP contribution in [0.5, 0.6) is 0 Å². The van der Waals surface area contributed by atoms with Crippen LogP contribution in [0, 0.1) is 11.6 Å². The molecule has 0 saturated heterocycles. The van der Waals surface area contributed by atoms with E-state index in [1.54, 1.807) is 48.5 Å². The van der Waals surface area contributed by atoms with Crippen molar-refractivity contribution in [3.63, 3.8) is 0 Å². The van der Waals surface area contributed by atoms with Crippen LogP contribution in [0.4, 0.5) is 8.78 Å². The van der Waals surface area contributed by atoms with Gasteiger partial charge in [0.15, 0.2) is 0 Å². The highest BCUT2D eigenvalue weighted by atomic mass is 35.5. The van der Waals surface area contributed by atoms with Crippen molar-refractivity contribution in [2.24, 2.45) is 0 Å². The van der Waals surface area contributed by atoms with Crippen LogP contribution in [0.3, 0.4) is 0 Å². The van der Waals surface area contributed by atoms with Crippen LogP contribution in [0.15, 0.2) is 60.7 Å². The Hall–Kier alpha value is -2.26. The number of rotatable bonds is 3. The summed E-state index contributed by atoms with van der Waals surface area (Å²) in [5, 5.41) is 0. The van der Waals surface area contributed by atoms with Crippen LogP contribution in [0.1, 0.15) is 5.56 Å². The standard InChI is InChI=1S/C18H12ClF2N/c19-11-12-9-17(13-5-1-3-7-15(13)20)22-18(10-12)14-6-2-4-8-16(14)21/h1-10H,11H2. The molecule has 1 heterocycles. The van der Waals surface area contributed by atoms with Crippen LogP contribution in [0.2, 0.25) is 0 Å². The lowest BCUT2D eigenvalue weighted by atomic mass is 10.0. The molecule has 0 aliphatic rings. The Balaban J connectivity index is 2.20. The van der Waals surface area contributed by atoms with Gasteiger partial charge in [0.1, 0.15) is 11.6 Å². The molecule has 0 amide bonds. The van der Waals surface area contributed by atoms with Crippen molar-refractivity contribution in [2.75, 3.05) is 0 Å². The number of alkyl halides is 1. The van der Waals surface area contributed by atoms with Crippen molar-refractivity contribution in [3.8, 4) is 22.5 Å². The lowest BCUT2D eigenvalue weighted by molar-refractivity contribution is 0.630. The Kier molecular flexibility index (Phi) is 4.16. The molecule has 1 nitrogen and oxygen atoms in total. The topological polar surface area (TPSA) is 12.9 Å². The van der Waals surface area contributed by atoms with Gasteiger partial charge >= 0.3 is 0 Å². The van der Waals surface area contributed by atoms with Gasteiger partial charge in [0.05, 0.1) is 11.4 Å². The van der Waals surface area contributed by atoms with E-state index in [0.717, 1.165) is 5.56 Å². The molecule has 3 aromatic rings. The van der Waals surface area contributed by atoms with Crippen LogP contribution >= 0.6 is 11.6 Å². The molecule has 0 radical (unpaired) electrons. The fraction of sp³-hybridized carbons (Fsp3) is 0.0556. The van der Waals surface area contributed by atoms with Crippen LogP contribution < -0.4 is 0 Å². The van der Waals surface area contributed by atoms with Crippen LogP contribution in [0.25, 0.3) is 22.5 Å². The molecule has 0 aliphatic heterocycles. The predicted octanol–water partition coefficient (Wildman–Crippen LogP) is 5.43. The number of benzene rings is 2. The summed E-state index contributed by atoms with van der Waals surface area (Å²) in [6.45, 7) is 0. The summed E-state index contributed by atoms with van der Waals surface area (Å²) in [6, 6.07) is 16.1. The van der Waals surface area contributed by atoms with Crippen molar-refractivity contribution in [2.45, 2.75) is 5.88 Å². The molecule has 0 saturated carbocycles. The first kappa shape index (κ1) is 14.7. The van der Waals surface area contributed by atoms with Crippen LogP contribution in [-0.4, -0.2) is 4.98 Å². The summed E-state index contributed by atoms with van der Waals surface area (Å²) in [4.78, 5) is 4.40. The van der Waals surface area contributed by atoms with Gasteiger partial charge in [-0.05, 0) is 42.0 Å². The Bertz CT molecular complexity index is 754. The van der Waals surface area contributed by atoms with Gasteiger partial charge < -0.3 is 0 Å². The van der Waals surface area contributed by atoms with Gasteiger partial charge in [-0.25, -0.2) is 13.8 Å². The van der Waals surface area contributed by atoms with Crippen molar-refractivity contribution in [1.82, 2.24) is 4.98 Å². The number of aromatic nitrogens is 1. The van der Waals surface area contributed by atoms with Gasteiger partial charge in [-0.2, -0.15) is 0 Å². The third-order valence-electron chi connectivity index (χ3n) is 3.34. The second-order valence-electron chi connectivity index (χ2n) is 4.84. The Labute approximate surface area is 132 Å². The zero-order chi connectivity index (χ0) is 15.5. The Morgan fingerprint density at radius 1 is 0.773 bits per heavy atom. The molecule has 0 N–H and O–H groups in total. The van der Waals surface area contributed by atoms with E-state index in [-0.39, 0.29) is 17.5 Å². The molecule has 4 heteroatoms. The van der Waals surface area contributed by atoms with Crippen molar-refractivity contribution < 1.29 is 8.78 Å². The molecule has 0 atom stereocenters. The van der Waals surface area contributed by atoms with Gasteiger partial charge in [-0.3, -0.25) is 0 Å². The maximum atomic E-state index is 14.0. The fourth-order valence-electron chi connectivity index (χ4n) is 2.28. The molecule has 22 heavy (non-hydrogen) atoms. The Morgan fingerprint density at radius 3 is 1.64 bits per heavy atom. The van der Waals surface area contributed by atoms with E-state index in [9.17, 15) is 8.78 Å². The van der Waals surface area contributed by atoms with E-state index in [1.165, 1.54) is 12.1 Å². The van der Waals surface area contributed by atoms with Crippen molar-refractivity contribution >= 4 is 11.6 Å². The molecule has 2 aromatic carbocycles. The first-order valence-corrected chi connectivity index (χ1v) is 7.29. The minimum Gasteiger partial charge on any atom is -0.248 e. The third-order valence-corrected chi connectivity index (χ3v) is 3.65. The average molecular weight is 316 g/mol. The zero-order valence-electron chi connectivity index (χ0n) is 11.6. The van der Waals surface area contributed by atoms with E-state index < -0.39 is 0 Å². The SMILES string of the molecule is Fc1ccccc1-c1cc(CCl)cc(-c2ccccc2F)n1. The summed E-state index contributed by atoms with van der Waals surface area (Å²) < 4.78 is 28.0. The largest absolute Gasteiger partial charge is 0.248 e. The molecular formula is C18H12ClF2N. The summed E-state index contributed by atoms with van der Waals surface area (Å²) in [7, 11) is 0. The van der Waals surface area contributed by atoms with Gasteiger partial charge in [0.25, 0.3) is 0 Å². The minimum absolute atomic E-state index is 0.241. The Morgan fingerprint density at radius 2 is 1.23 bits per heavy atom. The number of halogens is 3. The second kappa shape index (κ2) is 6.24. The third kappa shape index (κ3) is 2.85. The van der Waals surface area contributed by atoms with E-state index in [1.807, 2.05) is 0 Å². The maximum Gasteiger partial charge on any atom is 0.132 e. The number of hydrogen-bond acceptors (Lipinski definition) is 1. The minimum atomic E-state index is -0.374. The second-order valence-corrected chi connectivity index (χ2v) is 5.11. The molecule has 0 unspecified atom stereocenters. The summed E-state index contributed by atoms with van der Waals surface area (Å²) in [6.07, 6.45) is 0. The summed E-state index contributed by atoms with van der Waals surface area (Å²) in [5.41, 5.74) is 2.37. The fourth-order valence-corrected chi connectivity index (χ4v) is 2.43.